The van der Waals surface area contributed by atoms with E-state index < -0.39 is 48.3 Å². The van der Waals surface area contributed by atoms with Crippen molar-refractivity contribution in [2.45, 2.75) is 110 Å². The lowest BCUT2D eigenvalue weighted by molar-refractivity contribution is 0.0724. The Morgan fingerprint density at radius 3 is 0.807 bits per heavy atom. The number of halogens is 9. The first-order valence-electron chi connectivity index (χ1n) is 39.2. The van der Waals surface area contributed by atoms with E-state index in [4.69, 9.17) is 124 Å². The van der Waals surface area contributed by atoms with E-state index in [1.807, 2.05) is 15.0 Å². The van der Waals surface area contributed by atoms with Crippen molar-refractivity contribution in [3.05, 3.63) is 206 Å². The highest BCUT2D eigenvalue weighted by Gasteiger charge is 2.36. The number of ether oxygens (including phenoxy) is 1. The summed E-state index contributed by atoms with van der Waals surface area (Å²) in [6.07, 6.45) is 13.4. The second-order valence-electron chi connectivity index (χ2n) is 29.1. The molecule has 0 aliphatic carbocycles. The number of piperidine rings is 4. The summed E-state index contributed by atoms with van der Waals surface area (Å²) >= 11 is 56.8. The van der Waals surface area contributed by atoms with Gasteiger partial charge in [-0.1, -0.05) is 166 Å². The molecule has 0 bridgehead atoms. The molecule has 9 heterocycles. The molecule has 40 heteroatoms. The van der Waals surface area contributed by atoms with Gasteiger partial charge in [0.1, 0.15) is 0 Å². The third kappa shape index (κ3) is 22.9. The molecule has 6 aliphatic rings. The van der Waals surface area contributed by atoms with Crippen LogP contribution in [0.3, 0.4) is 0 Å². The molecule has 6 aromatic carbocycles. The van der Waals surface area contributed by atoms with Crippen LogP contribution in [-0.4, -0.2) is 192 Å². The number of rotatable bonds is 24. The van der Waals surface area contributed by atoms with Gasteiger partial charge in [0.2, 0.25) is 0 Å². The van der Waals surface area contributed by atoms with Crippen molar-refractivity contribution in [2.75, 3.05) is 91.8 Å². The molecular weight excluding hydrogens is 1780 g/mol. The molecule has 0 spiro atoms. The van der Waals surface area contributed by atoms with Crippen LogP contribution in [0.1, 0.15) is 138 Å². The zero-order chi connectivity index (χ0) is 84.1. The highest BCUT2D eigenvalue weighted by Crippen LogP contribution is 2.39. The Kier molecular flexibility index (Phi) is 31.3. The molecule has 3 amide bonds. The molecule has 6 fully saturated rings. The van der Waals surface area contributed by atoms with Crippen LogP contribution in [0.25, 0.3) is 50.8 Å². The Bertz CT molecular complexity index is 5220. The third-order valence-electron chi connectivity index (χ3n) is 20.9. The number of nitrogens with zero attached hydrogens (tertiary/aromatic N) is 12. The molecule has 0 saturated carbocycles. The molecule has 0 unspecified atom stereocenters. The lowest BCUT2D eigenvalue weighted by atomic mass is 10.0. The van der Waals surface area contributed by atoms with Gasteiger partial charge in [0, 0.05) is 162 Å². The van der Waals surface area contributed by atoms with E-state index in [-0.39, 0.29) is 49.8 Å². The van der Waals surface area contributed by atoms with E-state index in [1.54, 1.807) is 141 Å². The number of hydrogen-bond donors (Lipinski definition) is 6. The Morgan fingerprint density at radius 2 is 0.546 bits per heavy atom. The number of carbonyl (C=O) groups excluding carboxylic acids is 3. The second kappa shape index (κ2) is 41.3. The van der Waals surface area contributed by atoms with Crippen molar-refractivity contribution in [1.82, 2.24) is 87.7 Å². The molecule has 6 saturated heterocycles. The minimum Gasteiger partial charge on any atom is -0.379 e. The van der Waals surface area contributed by atoms with Gasteiger partial charge >= 0.3 is 0 Å². The molecule has 15 rings (SSSR count). The lowest BCUT2D eigenvalue weighted by Crippen LogP contribution is -2.47. The first-order valence-corrected chi connectivity index (χ1v) is 46.9. The molecule has 0 radical (unpaired) electrons. The summed E-state index contributed by atoms with van der Waals surface area (Å²) in [6.45, 7) is 6.83. The Hall–Kier alpha value is -6.58. The van der Waals surface area contributed by atoms with E-state index in [0.29, 0.717) is 152 Å². The number of aromatic nitrogens is 6. The van der Waals surface area contributed by atoms with Crippen LogP contribution in [-0.2, 0) is 55.0 Å². The molecule has 6 N–H and O–H groups in total. The van der Waals surface area contributed by atoms with Gasteiger partial charge in [0.05, 0.1) is 62.4 Å². The monoisotopic (exact) mass is 1860 g/mol. The van der Waals surface area contributed by atoms with Crippen molar-refractivity contribution in [3.63, 3.8) is 0 Å². The zero-order valence-electron chi connectivity index (χ0n) is 64.6. The number of carbonyl (C=O) groups is 3. The number of morpholine rings is 1. The van der Waals surface area contributed by atoms with Gasteiger partial charge in [-0.25, -0.2) is 29.1 Å². The Morgan fingerprint density at radius 1 is 0.311 bits per heavy atom. The van der Waals surface area contributed by atoms with Gasteiger partial charge in [-0.2, -0.15) is 67.6 Å². The number of hydrazine groups is 3. The smallest absolute Gasteiger partial charge is 0.286 e. The maximum atomic E-state index is 13.7. The van der Waals surface area contributed by atoms with Gasteiger partial charge < -0.3 is 4.74 Å². The average Bonchev–Trinajstić information content (AvgIpc) is 1.62. The van der Waals surface area contributed by atoms with Crippen LogP contribution in [0.15, 0.2) is 127 Å². The maximum Gasteiger partial charge on any atom is 0.286 e. The zero-order valence-corrected chi connectivity index (χ0v) is 73.9. The molecule has 28 nitrogen and oxygen atoms in total. The number of nitrogens with one attached hydrogen (secondary N) is 6. The molecular formula is C79H89Cl9N18O10S3. The van der Waals surface area contributed by atoms with E-state index in [2.05, 4.69) is 30.4 Å². The Balaban J connectivity index is 0.000000155. The number of amides is 3. The van der Waals surface area contributed by atoms with Gasteiger partial charge in [-0.15, -0.1) is 0 Å². The third-order valence-corrected chi connectivity index (χ3v) is 27.9. The van der Waals surface area contributed by atoms with E-state index >= 15 is 0 Å². The number of benzene rings is 6. The summed E-state index contributed by atoms with van der Waals surface area (Å²) in [4.78, 5) is 41.0. The van der Waals surface area contributed by atoms with Gasteiger partial charge in [-0.3, -0.25) is 30.7 Å². The summed E-state index contributed by atoms with van der Waals surface area (Å²) in [5.74, 6) is -1.29. The largest absolute Gasteiger partial charge is 0.379 e. The van der Waals surface area contributed by atoms with Crippen LogP contribution >= 0.6 is 104 Å². The fourth-order valence-electron chi connectivity index (χ4n) is 14.8. The highest BCUT2D eigenvalue weighted by atomic mass is 35.5. The fourth-order valence-corrected chi connectivity index (χ4v) is 20.3. The molecule has 119 heavy (non-hydrogen) atoms. The van der Waals surface area contributed by atoms with Crippen molar-refractivity contribution in [1.29, 1.82) is 0 Å². The highest BCUT2D eigenvalue weighted by molar-refractivity contribution is 7.87. The first-order chi connectivity index (χ1) is 57.2. The quantitative estimate of drug-likeness (QED) is 0.0327. The van der Waals surface area contributed by atoms with Crippen LogP contribution in [0, 0.1) is 0 Å². The van der Waals surface area contributed by atoms with Crippen LogP contribution in [0.4, 0.5) is 0 Å². The van der Waals surface area contributed by atoms with Crippen molar-refractivity contribution in [2.24, 2.45) is 0 Å². The van der Waals surface area contributed by atoms with Gasteiger partial charge in [0.25, 0.3) is 48.3 Å². The van der Waals surface area contributed by atoms with E-state index in [1.165, 1.54) is 12.9 Å². The standard InChI is InChI=1S/C27H31Cl3N6O3S.C26H29Cl3N6O4S.C26H29Cl3N6O3S/c28-20-9-7-19(8-10-20)26-22(18-31-40(38,39)35-15-5-2-6-16-35)25(27(37)33-34-13-3-1-4-14-34)32-36(26)24-12-11-21(29)17-23(24)30;27-19-6-4-18(5-7-19)25-21(17-30-40(37,38)34-12-14-39-15-13-34)24(26(36)32-33-10-2-1-3-11-33)31-35(25)23-9-8-20(28)16-22(23)29;27-19-8-6-18(7-9-19)25-21(17-30-39(37,38)34-14-4-5-15-34)24(26(36)32-33-12-2-1-3-13-33)31-35(25)23-11-10-20(28)16-22(23)29/h7-12,17,31H,1-6,13-16,18H2,(H,33,37);4-9,16,30H,1-3,10-15,17H2,(H,32,36);6-11,16,30H,1-5,12-15,17H2,(H,32,36). The molecule has 636 valence electrons. The van der Waals surface area contributed by atoms with Crippen LogP contribution in [0.2, 0.25) is 45.2 Å². The molecule has 0 atom stereocenters. The summed E-state index contributed by atoms with van der Waals surface area (Å²) < 4.78 is 101. The molecule has 3 aromatic heterocycles. The lowest BCUT2D eigenvalue weighted by Gasteiger charge is -2.27. The maximum absolute atomic E-state index is 13.7. The predicted molar refractivity (Wildman–Crippen MR) is 467 cm³/mol. The van der Waals surface area contributed by atoms with Crippen molar-refractivity contribution >= 4 is 153 Å². The summed E-state index contributed by atoms with van der Waals surface area (Å²) in [5, 5.41) is 23.6. The van der Waals surface area contributed by atoms with E-state index in [0.717, 1.165) is 129 Å². The topological polar surface area (TPSA) is 308 Å². The van der Waals surface area contributed by atoms with Crippen LogP contribution in [0.5, 0.6) is 0 Å². The normalized spacial score (nSPS) is 17.1. The second-order valence-corrected chi connectivity index (χ2v) is 38.2. The summed E-state index contributed by atoms with van der Waals surface area (Å²) in [5.41, 5.74) is 15.4. The SMILES string of the molecule is O=C(NN1CCCCC1)c1nn(-c2ccc(Cl)cc2Cl)c(-c2ccc(Cl)cc2)c1CNS(=O)(=O)N1CCCC1.O=C(NN1CCCCC1)c1nn(-c2ccc(Cl)cc2Cl)c(-c2ccc(Cl)cc2)c1CNS(=O)(=O)N1CCCCC1.O=C(NN1CCCCC1)c1nn(-c2ccc(Cl)cc2Cl)c(-c2ccc(Cl)cc2)c1CNS(=O)(=O)N1CCOCC1. The predicted octanol–water partition coefficient (Wildman–Crippen LogP) is 14.8. The van der Waals surface area contributed by atoms with Crippen LogP contribution < -0.4 is 30.4 Å². The minimum absolute atomic E-state index is 0.0752. The summed E-state index contributed by atoms with van der Waals surface area (Å²) in [7, 11) is -11.4. The van der Waals surface area contributed by atoms with Crippen molar-refractivity contribution < 1.29 is 44.4 Å². The molecule has 6 aliphatic heterocycles. The fraction of sp³-hybridized carbons (Fsp3) is 0.392. The first kappa shape index (κ1) is 90.2. The van der Waals surface area contributed by atoms with Gasteiger partial charge in [-0.05, 0) is 155 Å². The minimum atomic E-state index is -3.87. The van der Waals surface area contributed by atoms with E-state index in [9.17, 15) is 39.6 Å². The molecule has 9 aromatic rings. The summed E-state index contributed by atoms with van der Waals surface area (Å²) in [6, 6.07) is 36.0. The van der Waals surface area contributed by atoms with Gasteiger partial charge in [0.15, 0.2) is 17.1 Å². The Labute approximate surface area is 737 Å². The number of hydrogen-bond acceptors (Lipinski definition) is 16. The van der Waals surface area contributed by atoms with Crippen molar-refractivity contribution in [3.8, 4) is 50.8 Å². The average molecular weight is 1870 g/mol.